The smallest absolute Gasteiger partial charge is 0.265 e. The minimum Gasteiger partial charge on any atom is -0.492 e. The van der Waals surface area contributed by atoms with Crippen molar-refractivity contribution in [3.8, 4) is 5.75 Å². The topological polar surface area (TPSA) is 43.4 Å². The van der Waals surface area contributed by atoms with Crippen LogP contribution in [-0.4, -0.2) is 15.0 Å². The summed E-state index contributed by atoms with van der Waals surface area (Å²) >= 11 is 3.30. The zero-order valence-corrected chi connectivity index (χ0v) is 15.0. The Morgan fingerprint density at radius 3 is 2.67 bits per heavy atom. The van der Waals surface area contributed by atoms with Gasteiger partial charge >= 0.3 is 0 Å². The van der Waals surface area contributed by atoms with Crippen molar-refractivity contribution in [1.29, 1.82) is 0 Å². The molecule has 3 nitrogen and oxygen atoms in total. The minimum atomic E-state index is -3.82. The van der Waals surface area contributed by atoms with Gasteiger partial charge in [-0.1, -0.05) is 22.4 Å². The molecule has 2 aliphatic carbocycles. The van der Waals surface area contributed by atoms with Crippen LogP contribution in [0.15, 0.2) is 21.5 Å². The van der Waals surface area contributed by atoms with E-state index in [2.05, 4.69) is 15.9 Å². The van der Waals surface area contributed by atoms with Crippen molar-refractivity contribution >= 4 is 35.7 Å². The predicted molar refractivity (Wildman–Crippen MR) is 86.4 cm³/mol. The van der Waals surface area contributed by atoms with Crippen LogP contribution in [0.1, 0.15) is 31.2 Å². The van der Waals surface area contributed by atoms with E-state index in [1.54, 1.807) is 0 Å². The van der Waals surface area contributed by atoms with Crippen molar-refractivity contribution in [2.24, 2.45) is 17.8 Å². The molecule has 2 bridgehead atoms. The third-order valence-electron chi connectivity index (χ3n) is 4.79. The molecule has 0 aromatic heterocycles. The standard InChI is InChI=1S/C15H18BrClO3S/c1-9-4-13(16)7-14(21(17,18)19)15(9)20-8-12-6-10-2-3-11(12)5-10/h4,7,10-12H,2-3,5-6,8H2,1H3. The van der Waals surface area contributed by atoms with Gasteiger partial charge in [0.25, 0.3) is 9.05 Å². The summed E-state index contributed by atoms with van der Waals surface area (Å²) in [6, 6.07) is 3.35. The zero-order valence-electron chi connectivity index (χ0n) is 11.8. The fourth-order valence-corrected chi connectivity index (χ4v) is 5.61. The first-order chi connectivity index (χ1) is 9.84. The zero-order chi connectivity index (χ0) is 15.2. The number of fused-ring (bicyclic) bond motifs is 2. The van der Waals surface area contributed by atoms with Gasteiger partial charge in [0.2, 0.25) is 0 Å². The van der Waals surface area contributed by atoms with Crippen LogP contribution >= 0.6 is 26.6 Å². The van der Waals surface area contributed by atoms with E-state index in [0.29, 0.717) is 22.7 Å². The molecule has 0 spiro atoms. The second-order valence-electron chi connectivity index (χ2n) is 6.23. The summed E-state index contributed by atoms with van der Waals surface area (Å²) in [6.07, 6.45) is 5.16. The first kappa shape index (κ1) is 15.6. The second kappa shape index (κ2) is 5.74. The Morgan fingerprint density at radius 2 is 2.10 bits per heavy atom. The summed E-state index contributed by atoms with van der Waals surface area (Å²) in [5.41, 5.74) is 0.784. The van der Waals surface area contributed by atoms with Gasteiger partial charge in [0.15, 0.2) is 0 Å². The maximum absolute atomic E-state index is 11.7. The maximum Gasteiger partial charge on any atom is 0.265 e. The summed E-state index contributed by atoms with van der Waals surface area (Å²) in [4.78, 5) is 0.0548. The van der Waals surface area contributed by atoms with E-state index in [-0.39, 0.29) is 4.90 Å². The molecule has 1 aromatic carbocycles. The highest BCUT2D eigenvalue weighted by atomic mass is 79.9. The number of ether oxygens (including phenoxy) is 1. The van der Waals surface area contributed by atoms with Crippen molar-refractivity contribution in [2.45, 2.75) is 37.5 Å². The van der Waals surface area contributed by atoms with Gasteiger partial charge in [0.05, 0.1) is 6.61 Å². The van der Waals surface area contributed by atoms with Gasteiger partial charge in [-0.25, -0.2) is 8.42 Å². The van der Waals surface area contributed by atoms with Gasteiger partial charge in [-0.2, -0.15) is 0 Å². The molecule has 3 unspecified atom stereocenters. The molecule has 1 aromatic rings. The van der Waals surface area contributed by atoms with E-state index in [1.807, 2.05) is 13.0 Å². The lowest BCUT2D eigenvalue weighted by Gasteiger charge is -2.23. The minimum absolute atomic E-state index is 0.0548. The molecule has 3 atom stereocenters. The van der Waals surface area contributed by atoms with Crippen molar-refractivity contribution in [3.05, 3.63) is 22.2 Å². The van der Waals surface area contributed by atoms with E-state index in [9.17, 15) is 8.42 Å². The average molecular weight is 394 g/mol. The van der Waals surface area contributed by atoms with Gasteiger partial charge in [-0.05, 0) is 61.6 Å². The molecule has 6 heteroatoms. The van der Waals surface area contributed by atoms with Gasteiger partial charge in [-0.15, -0.1) is 0 Å². The molecular weight excluding hydrogens is 376 g/mol. The monoisotopic (exact) mass is 392 g/mol. The van der Waals surface area contributed by atoms with Crippen LogP contribution in [0.3, 0.4) is 0 Å². The van der Waals surface area contributed by atoms with Crippen molar-refractivity contribution < 1.29 is 13.2 Å². The lowest BCUT2D eigenvalue weighted by Crippen LogP contribution is -2.19. The number of halogens is 2. The lowest BCUT2D eigenvalue weighted by atomic mass is 9.89. The first-order valence-electron chi connectivity index (χ1n) is 7.22. The number of benzene rings is 1. The number of rotatable bonds is 4. The Kier molecular flexibility index (Phi) is 4.27. The summed E-state index contributed by atoms with van der Waals surface area (Å²) in [5, 5.41) is 0. The summed E-state index contributed by atoms with van der Waals surface area (Å²) in [6.45, 7) is 2.43. The molecule has 2 saturated carbocycles. The van der Waals surface area contributed by atoms with E-state index < -0.39 is 9.05 Å². The van der Waals surface area contributed by atoms with Crippen LogP contribution in [0, 0.1) is 24.7 Å². The summed E-state index contributed by atoms with van der Waals surface area (Å²) < 4.78 is 30.1. The molecule has 0 amide bonds. The van der Waals surface area contributed by atoms with E-state index in [1.165, 1.54) is 31.7 Å². The molecular formula is C15H18BrClO3S. The lowest BCUT2D eigenvalue weighted by molar-refractivity contribution is 0.191. The largest absolute Gasteiger partial charge is 0.492 e. The van der Waals surface area contributed by atoms with Gasteiger partial charge in [0, 0.05) is 15.2 Å². The number of aryl methyl sites for hydroxylation is 1. The fraction of sp³-hybridized carbons (Fsp3) is 0.600. The Balaban J connectivity index is 1.81. The Labute approximate surface area is 138 Å². The third-order valence-corrected chi connectivity index (χ3v) is 6.58. The van der Waals surface area contributed by atoms with E-state index in [0.717, 1.165) is 17.4 Å². The quantitative estimate of drug-likeness (QED) is 0.707. The second-order valence-corrected chi connectivity index (χ2v) is 9.68. The molecule has 2 aliphatic rings. The molecule has 0 radical (unpaired) electrons. The molecule has 0 saturated heterocycles. The van der Waals surface area contributed by atoms with Crippen LogP contribution in [0.25, 0.3) is 0 Å². The van der Waals surface area contributed by atoms with E-state index >= 15 is 0 Å². The van der Waals surface area contributed by atoms with Gasteiger partial charge < -0.3 is 4.74 Å². The fourth-order valence-electron chi connectivity index (χ4n) is 3.84. The molecule has 3 rings (SSSR count). The van der Waals surface area contributed by atoms with Gasteiger partial charge in [0.1, 0.15) is 10.6 Å². The Bertz CT molecular complexity index is 659. The predicted octanol–water partition coefficient (Wildman–Crippen LogP) is 4.50. The number of hydrogen-bond donors (Lipinski definition) is 0. The normalized spacial score (nSPS) is 28.0. The van der Waals surface area contributed by atoms with Crippen molar-refractivity contribution in [3.63, 3.8) is 0 Å². The summed E-state index contributed by atoms with van der Waals surface area (Å²) in [5.74, 6) is 2.56. The van der Waals surface area contributed by atoms with Gasteiger partial charge in [-0.3, -0.25) is 0 Å². The maximum atomic E-state index is 11.7. The van der Waals surface area contributed by atoms with Crippen LogP contribution in [-0.2, 0) is 9.05 Å². The van der Waals surface area contributed by atoms with Crippen molar-refractivity contribution in [1.82, 2.24) is 0 Å². The highest BCUT2D eigenvalue weighted by Crippen LogP contribution is 2.48. The molecule has 116 valence electrons. The SMILES string of the molecule is Cc1cc(Br)cc(S(=O)(=O)Cl)c1OCC1CC2CCC1C2. The van der Waals surface area contributed by atoms with Crippen LogP contribution < -0.4 is 4.74 Å². The molecule has 0 heterocycles. The summed E-state index contributed by atoms with van der Waals surface area (Å²) in [7, 11) is 1.72. The first-order valence-corrected chi connectivity index (χ1v) is 10.3. The molecule has 21 heavy (non-hydrogen) atoms. The Hall–Kier alpha value is -0.260. The third kappa shape index (κ3) is 3.25. The molecule has 0 N–H and O–H groups in total. The molecule has 0 aliphatic heterocycles. The van der Waals surface area contributed by atoms with Crippen molar-refractivity contribution in [2.75, 3.05) is 6.61 Å². The average Bonchev–Trinajstić information content (AvgIpc) is 2.98. The van der Waals surface area contributed by atoms with Crippen LogP contribution in [0.4, 0.5) is 0 Å². The highest BCUT2D eigenvalue weighted by Gasteiger charge is 2.39. The molecule has 2 fully saturated rings. The highest BCUT2D eigenvalue weighted by molar-refractivity contribution is 9.10. The van der Waals surface area contributed by atoms with Crippen LogP contribution in [0.2, 0.25) is 0 Å². The van der Waals surface area contributed by atoms with E-state index in [4.69, 9.17) is 15.4 Å². The number of hydrogen-bond acceptors (Lipinski definition) is 3. The Morgan fingerprint density at radius 1 is 1.33 bits per heavy atom. The van der Waals surface area contributed by atoms with Crippen LogP contribution in [0.5, 0.6) is 5.75 Å².